The first kappa shape index (κ1) is 19.0. The van der Waals surface area contributed by atoms with Crippen molar-refractivity contribution in [3.05, 3.63) is 39.4 Å². The first-order valence-corrected chi connectivity index (χ1v) is 6.85. The number of nitrogens with zero attached hydrogens (tertiary/aromatic N) is 1. The number of nitro benzene ring substituents is 1. The highest BCUT2D eigenvalue weighted by atomic mass is 16.6. The molecule has 0 aliphatic rings. The maximum Gasteiger partial charge on any atom is 0.338 e. The maximum atomic E-state index is 12.2. The van der Waals surface area contributed by atoms with Crippen LogP contribution in [0, 0.1) is 10.1 Å². The van der Waals surface area contributed by atoms with Crippen LogP contribution in [0.5, 0.6) is 0 Å². The summed E-state index contributed by atoms with van der Waals surface area (Å²) in [6.45, 7) is 2.75. The molecule has 2 amide bonds. The van der Waals surface area contributed by atoms with Crippen molar-refractivity contribution in [2.45, 2.75) is 26.0 Å². The Morgan fingerprint density at radius 2 is 1.92 bits per heavy atom. The summed E-state index contributed by atoms with van der Waals surface area (Å²) in [6, 6.07) is 2.98. The van der Waals surface area contributed by atoms with Crippen molar-refractivity contribution < 1.29 is 29.2 Å². The lowest BCUT2D eigenvalue weighted by molar-refractivity contribution is -0.384. The van der Waals surface area contributed by atoms with Gasteiger partial charge in [-0.05, 0) is 19.9 Å². The number of carbonyl (C=O) groups excluding carboxylic acids is 3. The third kappa shape index (κ3) is 5.32. The molecule has 0 heterocycles. The third-order valence-corrected chi connectivity index (χ3v) is 2.80. The van der Waals surface area contributed by atoms with Crippen molar-refractivity contribution >= 4 is 23.5 Å². The lowest BCUT2D eigenvalue weighted by atomic mass is 10.1. The summed E-state index contributed by atoms with van der Waals surface area (Å²) < 4.78 is 4.75. The van der Waals surface area contributed by atoms with Gasteiger partial charge in [-0.3, -0.25) is 19.7 Å². The molecule has 0 saturated heterocycles. The van der Waals surface area contributed by atoms with Crippen LogP contribution < -0.4 is 11.1 Å². The topological polar surface area (TPSA) is 162 Å². The zero-order valence-corrected chi connectivity index (χ0v) is 13.1. The number of carbonyl (C=O) groups is 3. The molecule has 0 aliphatic carbocycles. The van der Waals surface area contributed by atoms with Gasteiger partial charge in [-0.25, -0.2) is 4.79 Å². The minimum atomic E-state index is -1.95. The largest absolute Gasteiger partial charge is 0.462 e. The lowest BCUT2D eigenvalue weighted by Gasteiger charge is -2.23. The molecule has 24 heavy (non-hydrogen) atoms. The average Bonchev–Trinajstić information content (AvgIpc) is 2.44. The summed E-state index contributed by atoms with van der Waals surface area (Å²) in [5, 5.41) is 23.0. The number of aliphatic hydroxyl groups is 1. The van der Waals surface area contributed by atoms with E-state index in [2.05, 4.69) is 5.32 Å². The van der Waals surface area contributed by atoms with E-state index in [0.717, 1.165) is 25.1 Å². The van der Waals surface area contributed by atoms with Crippen LogP contribution in [0.4, 0.5) is 5.69 Å². The molecule has 0 fully saturated rings. The molecule has 1 atom stereocenters. The van der Waals surface area contributed by atoms with Gasteiger partial charge in [0.1, 0.15) is 5.72 Å². The Kier molecular flexibility index (Phi) is 5.95. The first-order chi connectivity index (χ1) is 11.1. The van der Waals surface area contributed by atoms with Crippen molar-refractivity contribution in [2.24, 2.45) is 5.73 Å². The van der Waals surface area contributed by atoms with Gasteiger partial charge in [0.05, 0.1) is 23.5 Å². The van der Waals surface area contributed by atoms with Crippen LogP contribution in [0.2, 0.25) is 0 Å². The zero-order valence-electron chi connectivity index (χ0n) is 13.1. The number of non-ortho nitro benzene ring substituents is 1. The van der Waals surface area contributed by atoms with Gasteiger partial charge in [0.2, 0.25) is 5.91 Å². The molecule has 0 aliphatic heterocycles. The molecular formula is C14H17N3O7. The first-order valence-electron chi connectivity index (χ1n) is 6.85. The number of amides is 2. The standard InChI is InChI=1S/C14H17N3O7/c1-3-24-13(20)9-4-8(5-10(6-9)17(22)23)12(19)16-14(2,21)7-11(15)18/h4-6,21H,3,7H2,1-2H3,(H2,15,18)(H,16,19). The van der Waals surface area contributed by atoms with Gasteiger partial charge in [-0.1, -0.05) is 0 Å². The van der Waals surface area contributed by atoms with Crippen LogP contribution in [0.1, 0.15) is 41.0 Å². The second-order valence-electron chi connectivity index (χ2n) is 5.12. The maximum absolute atomic E-state index is 12.2. The molecule has 1 unspecified atom stereocenters. The van der Waals surface area contributed by atoms with E-state index in [4.69, 9.17) is 10.5 Å². The van der Waals surface area contributed by atoms with Gasteiger partial charge < -0.3 is 20.9 Å². The monoisotopic (exact) mass is 339 g/mol. The molecule has 0 saturated carbocycles. The molecule has 0 radical (unpaired) electrons. The minimum absolute atomic E-state index is 0.0520. The van der Waals surface area contributed by atoms with Crippen LogP contribution in [0.15, 0.2) is 18.2 Å². The summed E-state index contributed by atoms with van der Waals surface area (Å²) in [5.74, 6) is -2.61. The lowest BCUT2D eigenvalue weighted by Crippen LogP contribution is -2.48. The van der Waals surface area contributed by atoms with E-state index in [-0.39, 0.29) is 17.7 Å². The predicted molar refractivity (Wildman–Crippen MR) is 81.0 cm³/mol. The van der Waals surface area contributed by atoms with Gasteiger partial charge in [0.25, 0.3) is 11.6 Å². The van der Waals surface area contributed by atoms with Crippen LogP contribution in [0.3, 0.4) is 0 Å². The molecule has 0 bridgehead atoms. The summed E-state index contributed by atoms with van der Waals surface area (Å²) in [4.78, 5) is 44.9. The Hall–Kier alpha value is -3.01. The molecule has 0 aromatic heterocycles. The van der Waals surface area contributed by atoms with Crippen molar-refractivity contribution in [3.63, 3.8) is 0 Å². The number of hydrogen-bond donors (Lipinski definition) is 3. The Bertz CT molecular complexity index is 685. The van der Waals surface area contributed by atoms with Crippen molar-refractivity contribution in [1.29, 1.82) is 0 Å². The Morgan fingerprint density at radius 3 is 2.42 bits per heavy atom. The van der Waals surface area contributed by atoms with E-state index in [1.807, 2.05) is 0 Å². The fraction of sp³-hybridized carbons (Fsp3) is 0.357. The molecule has 1 aromatic rings. The van der Waals surface area contributed by atoms with E-state index in [1.165, 1.54) is 0 Å². The van der Waals surface area contributed by atoms with Gasteiger partial charge in [-0.15, -0.1) is 0 Å². The number of esters is 1. The van der Waals surface area contributed by atoms with Crippen molar-refractivity contribution in [1.82, 2.24) is 5.32 Å². The zero-order chi connectivity index (χ0) is 18.5. The normalized spacial score (nSPS) is 12.8. The Balaban J connectivity index is 3.17. The molecular weight excluding hydrogens is 322 g/mol. The van der Waals surface area contributed by atoms with E-state index in [0.29, 0.717) is 0 Å². The number of nitrogens with one attached hydrogen (secondary N) is 1. The van der Waals surface area contributed by atoms with E-state index in [1.54, 1.807) is 6.92 Å². The molecule has 1 rings (SSSR count). The SMILES string of the molecule is CCOC(=O)c1cc(C(=O)NC(C)(O)CC(N)=O)cc([N+](=O)[O-])c1. The highest BCUT2D eigenvalue weighted by Crippen LogP contribution is 2.19. The molecule has 4 N–H and O–H groups in total. The number of benzene rings is 1. The second kappa shape index (κ2) is 7.51. The van der Waals surface area contributed by atoms with Gasteiger partial charge in [0.15, 0.2) is 0 Å². The second-order valence-corrected chi connectivity index (χ2v) is 5.12. The molecule has 1 aromatic carbocycles. The number of nitrogens with two attached hydrogens (primary N) is 1. The van der Waals surface area contributed by atoms with Crippen LogP contribution in [0.25, 0.3) is 0 Å². The highest BCUT2D eigenvalue weighted by molar-refractivity contribution is 5.99. The number of primary amides is 1. The number of ether oxygens (including phenoxy) is 1. The molecule has 10 heteroatoms. The van der Waals surface area contributed by atoms with Crippen LogP contribution in [-0.4, -0.2) is 40.1 Å². The van der Waals surface area contributed by atoms with Crippen LogP contribution >= 0.6 is 0 Å². The van der Waals surface area contributed by atoms with Gasteiger partial charge in [0, 0.05) is 17.7 Å². The van der Waals surface area contributed by atoms with E-state index < -0.39 is 40.5 Å². The third-order valence-electron chi connectivity index (χ3n) is 2.80. The van der Waals surface area contributed by atoms with E-state index >= 15 is 0 Å². The number of hydrogen-bond acceptors (Lipinski definition) is 7. The molecule has 0 spiro atoms. The van der Waals surface area contributed by atoms with Crippen LogP contribution in [-0.2, 0) is 9.53 Å². The Morgan fingerprint density at radius 1 is 1.33 bits per heavy atom. The van der Waals surface area contributed by atoms with Gasteiger partial charge >= 0.3 is 5.97 Å². The quantitative estimate of drug-likeness (QED) is 0.274. The minimum Gasteiger partial charge on any atom is -0.462 e. The fourth-order valence-electron chi connectivity index (χ4n) is 1.88. The molecule has 130 valence electrons. The highest BCUT2D eigenvalue weighted by Gasteiger charge is 2.27. The van der Waals surface area contributed by atoms with E-state index in [9.17, 15) is 29.6 Å². The molecule has 10 nitrogen and oxygen atoms in total. The summed E-state index contributed by atoms with van der Waals surface area (Å²) in [6.07, 6.45) is -0.557. The van der Waals surface area contributed by atoms with Crippen molar-refractivity contribution in [2.75, 3.05) is 6.61 Å². The number of nitro groups is 1. The van der Waals surface area contributed by atoms with Gasteiger partial charge in [-0.2, -0.15) is 0 Å². The van der Waals surface area contributed by atoms with Crippen molar-refractivity contribution in [3.8, 4) is 0 Å². The summed E-state index contributed by atoms with van der Waals surface area (Å²) >= 11 is 0. The summed E-state index contributed by atoms with van der Waals surface area (Å²) in [5.41, 5.74) is 2.06. The summed E-state index contributed by atoms with van der Waals surface area (Å²) in [7, 11) is 0. The predicted octanol–water partition coefficient (Wildman–Crippen LogP) is 0.0852. The number of rotatable bonds is 7. The fourth-order valence-corrected chi connectivity index (χ4v) is 1.88. The Labute approximate surface area is 136 Å². The smallest absolute Gasteiger partial charge is 0.338 e. The average molecular weight is 339 g/mol.